The fourth-order valence-electron chi connectivity index (χ4n) is 2.52. The van der Waals surface area contributed by atoms with Crippen LogP contribution in [-0.4, -0.2) is 19.1 Å². The topological polar surface area (TPSA) is 71.3 Å². The van der Waals surface area contributed by atoms with Gasteiger partial charge in [-0.15, -0.1) is 6.42 Å². The van der Waals surface area contributed by atoms with Crippen LogP contribution in [0.3, 0.4) is 0 Å². The molecule has 0 unspecified atom stereocenters. The van der Waals surface area contributed by atoms with Crippen LogP contribution in [0.15, 0.2) is 35.9 Å². The predicted octanol–water partition coefficient (Wildman–Crippen LogP) is 4.91. The van der Waals surface area contributed by atoms with Crippen LogP contribution >= 0.6 is 11.6 Å². The number of ether oxygens (including phenoxy) is 2. The first-order valence-electron chi connectivity index (χ1n) is 8.92. The molecule has 2 rings (SSSR count). The van der Waals surface area contributed by atoms with E-state index in [0.29, 0.717) is 29.4 Å². The quantitative estimate of drug-likeness (QED) is 0.401. The minimum atomic E-state index is -0.516. The van der Waals surface area contributed by atoms with Crippen molar-refractivity contribution in [3.8, 4) is 29.9 Å². The van der Waals surface area contributed by atoms with E-state index in [0.717, 1.165) is 11.1 Å². The number of hydrogen-bond acceptors (Lipinski definition) is 4. The van der Waals surface area contributed by atoms with E-state index in [1.807, 2.05) is 39.0 Å². The molecule has 0 fully saturated rings. The maximum atomic E-state index is 12.5. The first-order valence-corrected chi connectivity index (χ1v) is 9.30. The molecule has 0 aliphatic carbocycles. The third-order valence-electron chi connectivity index (χ3n) is 4.07. The van der Waals surface area contributed by atoms with E-state index in [1.54, 1.807) is 18.2 Å². The molecular formula is C23H21ClN2O3. The van der Waals surface area contributed by atoms with E-state index < -0.39 is 5.91 Å². The average molecular weight is 409 g/mol. The molecule has 2 aromatic rings. The highest BCUT2D eigenvalue weighted by Gasteiger charge is 2.14. The smallest absolute Gasteiger partial charge is 0.266 e. The Balaban J connectivity index is 2.33. The molecule has 5 nitrogen and oxygen atoms in total. The van der Waals surface area contributed by atoms with Gasteiger partial charge in [0.2, 0.25) is 0 Å². The summed E-state index contributed by atoms with van der Waals surface area (Å²) in [6, 6.07) is 10.7. The van der Waals surface area contributed by atoms with Gasteiger partial charge in [-0.1, -0.05) is 23.6 Å². The van der Waals surface area contributed by atoms with Gasteiger partial charge in [0.1, 0.15) is 18.2 Å². The summed E-state index contributed by atoms with van der Waals surface area (Å²) in [6.45, 7) is 6.18. The van der Waals surface area contributed by atoms with Gasteiger partial charge in [-0.2, -0.15) is 5.26 Å². The summed E-state index contributed by atoms with van der Waals surface area (Å²) in [4.78, 5) is 12.5. The van der Waals surface area contributed by atoms with Crippen LogP contribution in [-0.2, 0) is 4.79 Å². The minimum Gasteiger partial charge on any atom is -0.490 e. The van der Waals surface area contributed by atoms with Crippen molar-refractivity contribution in [1.29, 1.82) is 5.26 Å². The van der Waals surface area contributed by atoms with E-state index in [-0.39, 0.29) is 17.2 Å². The van der Waals surface area contributed by atoms with Crippen molar-refractivity contribution in [1.82, 2.24) is 0 Å². The highest BCUT2D eigenvalue weighted by Crippen LogP contribution is 2.37. The Hall–Kier alpha value is -3.41. The number of rotatable bonds is 7. The number of nitriles is 1. The van der Waals surface area contributed by atoms with Gasteiger partial charge >= 0.3 is 0 Å². The maximum absolute atomic E-state index is 12.5. The van der Waals surface area contributed by atoms with Gasteiger partial charge in [-0.25, -0.2) is 0 Å². The third kappa shape index (κ3) is 5.78. The molecule has 0 aliphatic rings. The molecule has 1 amide bonds. The molecular weight excluding hydrogens is 388 g/mol. The van der Waals surface area contributed by atoms with E-state index in [9.17, 15) is 10.1 Å². The Labute approximate surface area is 175 Å². The number of aryl methyl sites for hydroxylation is 2. The van der Waals surface area contributed by atoms with Gasteiger partial charge in [-0.05, 0) is 67.8 Å². The predicted molar refractivity (Wildman–Crippen MR) is 115 cm³/mol. The zero-order valence-electron chi connectivity index (χ0n) is 16.5. The number of nitrogens with zero attached hydrogens (tertiary/aromatic N) is 1. The second-order valence-corrected chi connectivity index (χ2v) is 6.59. The number of anilines is 1. The van der Waals surface area contributed by atoms with Crippen LogP contribution in [0.2, 0.25) is 5.02 Å². The van der Waals surface area contributed by atoms with E-state index in [1.165, 1.54) is 6.08 Å². The van der Waals surface area contributed by atoms with Crippen LogP contribution in [0.4, 0.5) is 5.69 Å². The molecule has 29 heavy (non-hydrogen) atoms. The molecule has 0 bridgehead atoms. The molecule has 0 aliphatic heterocycles. The number of halogens is 1. The Morgan fingerprint density at radius 2 is 2.00 bits per heavy atom. The van der Waals surface area contributed by atoms with Gasteiger partial charge in [0.25, 0.3) is 5.91 Å². The minimum absolute atomic E-state index is 0.0385. The Kier molecular flexibility index (Phi) is 7.71. The van der Waals surface area contributed by atoms with Crippen LogP contribution in [0.1, 0.15) is 23.6 Å². The fourth-order valence-corrected chi connectivity index (χ4v) is 2.79. The summed E-state index contributed by atoms with van der Waals surface area (Å²) in [6.07, 6.45) is 6.67. The van der Waals surface area contributed by atoms with Gasteiger partial charge in [0.15, 0.2) is 11.5 Å². The summed E-state index contributed by atoms with van der Waals surface area (Å²) >= 11 is 6.29. The summed E-state index contributed by atoms with van der Waals surface area (Å²) in [7, 11) is 0. The second-order valence-electron chi connectivity index (χ2n) is 6.18. The van der Waals surface area contributed by atoms with Crippen LogP contribution in [0.25, 0.3) is 6.08 Å². The van der Waals surface area contributed by atoms with Crippen molar-refractivity contribution in [2.24, 2.45) is 0 Å². The number of carbonyl (C=O) groups is 1. The maximum Gasteiger partial charge on any atom is 0.266 e. The lowest BCUT2D eigenvalue weighted by Crippen LogP contribution is -2.13. The lowest BCUT2D eigenvalue weighted by atomic mass is 10.1. The van der Waals surface area contributed by atoms with E-state index >= 15 is 0 Å². The van der Waals surface area contributed by atoms with E-state index in [2.05, 4.69) is 11.2 Å². The van der Waals surface area contributed by atoms with Gasteiger partial charge in [-0.3, -0.25) is 4.79 Å². The summed E-state index contributed by atoms with van der Waals surface area (Å²) in [5.41, 5.74) is 3.23. The number of terminal acetylenes is 1. The number of carbonyl (C=O) groups excluding carboxylic acids is 1. The first kappa shape index (κ1) is 21.9. The highest BCUT2D eigenvalue weighted by atomic mass is 35.5. The fraction of sp³-hybridized carbons (Fsp3) is 0.217. The first-order chi connectivity index (χ1) is 13.9. The Morgan fingerprint density at radius 1 is 1.24 bits per heavy atom. The second kappa shape index (κ2) is 10.2. The van der Waals surface area contributed by atoms with Gasteiger partial charge in [0.05, 0.1) is 11.6 Å². The van der Waals surface area contributed by atoms with Gasteiger partial charge in [0, 0.05) is 5.69 Å². The molecule has 0 saturated heterocycles. The third-order valence-corrected chi connectivity index (χ3v) is 4.35. The molecule has 2 aromatic carbocycles. The molecule has 0 spiro atoms. The number of benzene rings is 2. The standard InChI is InChI=1S/C23H21ClN2O3/c1-5-9-29-22-20(24)12-17(13-21(22)28-6-2)11-18(14-25)23(27)26-19-8-7-15(3)16(4)10-19/h1,7-8,10-13H,6,9H2,2-4H3,(H,26,27)/b18-11+. The average Bonchev–Trinajstić information content (AvgIpc) is 2.68. The molecule has 6 heteroatoms. The van der Waals surface area contributed by atoms with Crippen molar-refractivity contribution in [3.05, 3.63) is 57.6 Å². The number of hydrogen-bond donors (Lipinski definition) is 1. The zero-order valence-corrected chi connectivity index (χ0v) is 17.3. The SMILES string of the molecule is C#CCOc1c(Cl)cc(/C=C(\C#N)C(=O)Nc2ccc(C)c(C)c2)cc1OCC. The van der Waals surface area contributed by atoms with Crippen LogP contribution < -0.4 is 14.8 Å². The molecule has 0 saturated carbocycles. The molecule has 148 valence electrons. The van der Waals surface area contributed by atoms with Crippen molar-refractivity contribution in [2.75, 3.05) is 18.5 Å². The normalized spacial score (nSPS) is 10.6. The number of amides is 1. The summed E-state index contributed by atoms with van der Waals surface area (Å²) in [5, 5.41) is 12.5. The van der Waals surface area contributed by atoms with Gasteiger partial charge < -0.3 is 14.8 Å². The molecule has 0 atom stereocenters. The van der Waals surface area contributed by atoms with Crippen LogP contribution in [0, 0.1) is 37.5 Å². The van der Waals surface area contributed by atoms with Crippen molar-refractivity contribution in [2.45, 2.75) is 20.8 Å². The van der Waals surface area contributed by atoms with Crippen molar-refractivity contribution < 1.29 is 14.3 Å². The number of nitrogens with one attached hydrogen (secondary N) is 1. The van der Waals surface area contributed by atoms with Crippen molar-refractivity contribution in [3.63, 3.8) is 0 Å². The molecule has 0 radical (unpaired) electrons. The van der Waals surface area contributed by atoms with Crippen molar-refractivity contribution >= 4 is 29.3 Å². The zero-order chi connectivity index (χ0) is 21.4. The molecule has 0 heterocycles. The Bertz CT molecular complexity index is 1030. The van der Waals surface area contributed by atoms with E-state index in [4.69, 9.17) is 27.5 Å². The molecule has 0 aromatic heterocycles. The lowest BCUT2D eigenvalue weighted by molar-refractivity contribution is -0.112. The Morgan fingerprint density at radius 3 is 2.62 bits per heavy atom. The molecule has 1 N–H and O–H groups in total. The van der Waals surface area contributed by atoms with Crippen LogP contribution in [0.5, 0.6) is 11.5 Å². The summed E-state index contributed by atoms with van der Waals surface area (Å²) in [5.74, 6) is 2.56. The summed E-state index contributed by atoms with van der Waals surface area (Å²) < 4.78 is 11.0. The lowest BCUT2D eigenvalue weighted by Gasteiger charge is -2.13. The monoisotopic (exact) mass is 408 g/mol. The largest absolute Gasteiger partial charge is 0.490 e. The highest BCUT2D eigenvalue weighted by molar-refractivity contribution is 6.32.